The number of carbonyl (C=O) groups excluding carboxylic acids is 2. The molecule has 0 aliphatic carbocycles. The maximum Gasteiger partial charge on any atom is 0.305 e. The van der Waals surface area contributed by atoms with E-state index in [0.717, 1.165) is 84.8 Å². The first-order valence-electron chi connectivity index (χ1n) is 24.2. The largest absolute Gasteiger partial charge is 0.492 e. The highest BCUT2D eigenvalue weighted by Gasteiger charge is 2.16. The molecule has 0 aliphatic rings. The van der Waals surface area contributed by atoms with Gasteiger partial charge in [0.15, 0.2) is 0 Å². The molecular weight excluding hydrogens is 721 g/mol. The third-order valence-electron chi connectivity index (χ3n) is 11.5. The number of fused-ring (bicyclic) bond motifs is 2. The molecule has 0 radical (unpaired) electrons. The lowest BCUT2D eigenvalue weighted by Gasteiger charge is -2.18. The zero-order valence-corrected chi connectivity index (χ0v) is 37.1. The quantitative estimate of drug-likeness (QED) is 0.0326. The average molecular weight is 803 g/mol. The van der Waals surface area contributed by atoms with Crippen LogP contribution >= 0.6 is 0 Å². The van der Waals surface area contributed by atoms with E-state index in [1.807, 2.05) is 13.8 Å². The average Bonchev–Trinajstić information content (AvgIpc) is 3.23. The third-order valence-corrected chi connectivity index (χ3v) is 11.5. The lowest BCUT2D eigenvalue weighted by molar-refractivity contribution is -0.144. The molecule has 0 unspecified atom stereocenters. The maximum atomic E-state index is 11.4. The number of carbonyl (C=O) groups is 2. The molecule has 58 heavy (non-hydrogen) atoms. The highest BCUT2D eigenvalue weighted by molar-refractivity contribution is 6.11. The summed E-state index contributed by atoms with van der Waals surface area (Å²) in [5.74, 6) is 1.91. The molecule has 3 aromatic carbocycles. The smallest absolute Gasteiger partial charge is 0.305 e. The van der Waals surface area contributed by atoms with Gasteiger partial charge in [0.25, 0.3) is 0 Å². The summed E-state index contributed by atoms with van der Waals surface area (Å²) in [6, 6.07) is 17.2. The molecule has 0 heterocycles. The molecule has 0 saturated heterocycles. The van der Waals surface area contributed by atoms with E-state index in [9.17, 15) is 9.59 Å². The van der Waals surface area contributed by atoms with Crippen LogP contribution in [0.2, 0.25) is 0 Å². The Balaban J connectivity index is 1.22. The van der Waals surface area contributed by atoms with Crippen molar-refractivity contribution >= 4 is 33.5 Å². The van der Waals surface area contributed by atoms with Crippen LogP contribution in [0.1, 0.15) is 206 Å². The van der Waals surface area contributed by atoms with Crippen LogP contribution in [0.25, 0.3) is 21.5 Å². The summed E-state index contributed by atoms with van der Waals surface area (Å²) in [6.45, 7) is 6.21. The van der Waals surface area contributed by atoms with Gasteiger partial charge in [-0.3, -0.25) is 9.59 Å². The van der Waals surface area contributed by atoms with Crippen LogP contribution in [0.4, 0.5) is 0 Å². The number of unbranched alkanes of at least 4 members (excludes halogenated alkanes) is 26. The lowest BCUT2D eigenvalue weighted by atomic mass is 10.0. The molecule has 6 heteroatoms. The molecular formula is C52H82O6. The zero-order chi connectivity index (χ0) is 41.1. The summed E-state index contributed by atoms with van der Waals surface area (Å²) >= 11 is 0. The van der Waals surface area contributed by atoms with Gasteiger partial charge in [0.1, 0.15) is 11.5 Å². The Bertz CT molecular complexity index is 1320. The van der Waals surface area contributed by atoms with Gasteiger partial charge in [-0.25, -0.2) is 0 Å². The van der Waals surface area contributed by atoms with Gasteiger partial charge >= 0.3 is 11.9 Å². The van der Waals surface area contributed by atoms with Crippen molar-refractivity contribution < 1.29 is 28.5 Å². The Morgan fingerprint density at radius 1 is 0.345 bits per heavy atom. The van der Waals surface area contributed by atoms with Crippen molar-refractivity contribution in [3.8, 4) is 11.5 Å². The Hall–Kier alpha value is -3.28. The third kappa shape index (κ3) is 21.6. The first-order valence-corrected chi connectivity index (χ1v) is 24.2. The molecule has 0 spiro atoms. The van der Waals surface area contributed by atoms with Gasteiger partial charge in [-0.15, -0.1) is 0 Å². The molecule has 0 aliphatic heterocycles. The van der Waals surface area contributed by atoms with Crippen molar-refractivity contribution in [3.63, 3.8) is 0 Å². The zero-order valence-electron chi connectivity index (χ0n) is 37.1. The van der Waals surface area contributed by atoms with Crippen LogP contribution in [0, 0.1) is 0 Å². The van der Waals surface area contributed by atoms with Crippen LogP contribution in [0.3, 0.4) is 0 Å². The predicted octanol–water partition coefficient (Wildman–Crippen LogP) is 15.6. The van der Waals surface area contributed by atoms with Crippen molar-refractivity contribution in [3.05, 3.63) is 48.5 Å². The summed E-state index contributed by atoms with van der Waals surface area (Å²) in [6.07, 6.45) is 36.4. The molecule has 0 saturated carbocycles. The van der Waals surface area contributed by atoms with Gasteiger partial charge in [-0.05, 0) is 39.5 Å². The van der Waals surface area contributed by atoms with Crippen LogP contribution in [-0.2, 0) is 19.1 Å². The summed E-state index contributed by atoms with van der Waals surface area (Å²) in [7, 11) is 0. The monoisotopic (exact) mass is 803 g/mol. The van der Waals surface area contributed by atoms with E-state index in [4.69, 9.17) is 18.9 Å². The lowest BCUT2D eigenvalue weighted by Crippen LogP contribution is -2.03. The fourth-order valence-electron chi connectivity index (χ4n) is 8.16. The normalized spacial score (nSPS) is 11.3. The molecule has 6 nitrogen and oxygen atoms in total. The molecule has 0 bridgehead atoms. The molecule has 0 amide bonds. The van der Waals surface area contributed by atoms with Crippen LogP contribution < -0.4 is 9.47 Å². The number of benzene rings is 3. The van der Waals surface area contributed by atoms with Gasteiger partial charge in [-0.2, -0.15) is 0 Å². The fourth-order valence-corrected chi connectivity index (χ4v) is 8.16. The standard InChI is InChI=1S/C52H82O6/c1-3-55-49(53)41-29-25-21-17-13-9-5-7-11-15-19-23-27-35-43-57-51-45-37-31-33-39-47(45)52(48-40-34-32-38-46(48)51)58-44-36-28-24-20-16-12-8-6-10-14-18-22-26-30-42-50(54)56-4-2/h31-34,37-40H,3-30,35-36,41-44H2,1-2H3. The van der Waals surface area contributed by atoms with Crippen molar-refractivity contribution in [1.82, 2.24) is 0 Å². The van der Waals surface area contributed by atoms with Crippen LogP contribution in [0.15, 0.2) is 48.5 Å². The Morgan fingerprint density at radius 2 is 0.569 bits per heavy atom. The second kappa shape index (κ2) is 33.5. The Morgan fingerprint density at radius 3 is 0.810 bits per heavy atom. The van der Waals surface area contributed by atoms with Crippen molar-refractivity contribution in [2.24, 2.45) is 0 Å². The van der Waals surface area contributed by atoms with Gasteiger partial charge < -0.3 is 18.9 Å². The summed E-state index contributed by atoms with van der Waals surface area (Å²) in [5, 5.41) is 4.60. The SMILES string of the molecule is CCOC(=O)CCCCCCCCCCCCCCCCOc1c2ccccc2c(OCCCCCCCCCCCCCCCCC(=O)OCC)c2ccccc12. The fraction of sp³-hybridized carbons (Fsp3) is 0.692. The molecule has 0 N–H and O–H groups in total. The topological polar surface area (TPSA) is 71.1 Å². The van der Waals surface area contributed by atoms with E-state index in [1.165, 1.54) is 141 Å². The summed E-state index contributed by atoms with van der Waals surface area (Å²) in [4.78, 5) is 22.8. The number of ether oxygens (including phenoxy) is 4. The van der Waals surface area contributed by atoms with E-state index in [0.29, 0.717) is 26.1 Å². The van der Waals surface area contributed by atoms with Crippen molar-refractivity contribution in [2.75, 3.05) is 26.4 Å². The van der Waals surface area contributed by atoms with Crippen molar-refractivity contribution in [2.45, 2.75) is 206 Å². The first-order chi connectivity index (χ1) is 28.7. The number of esters is 2. The van der Waals surface area contributed by atoms with Crippen LogP contribution in [0.5, 0.6) is 11.5 Å². The minimum absolute atomic E-state index is 0.0455. The first kappa shape index (κ1) is 49.1. The molecule has 3 aromatic rings. The minimum atomic E-state index is -0.0455. The Labute approximate surface area is 353 Å². The van der Waals surface area contributed by atoms with E-state index in [-0.39, 0.29) is 11.9 Å². The van der Waals surface area contributed by atoms with E-state index in [2.05, 4.69) is 48.5 Å². The number of rotatable bonds is 38. The second-order valence-corrected chi connectivity index (χ2v) is 16.5. The molecule has 0 atom stereocenters. The second-order valence-electron chi connectivity index (χ2n) is 16.5. The number of hydrogen-bond donors (Lipinski definition) is 0. The molecule has 0 fully saturated rings. The maximum absolute atomic E-state index is 11.4. The van der Waals surface area contributed by atoms with E-state index in [1.54, 1.807) is 0 Å². The van der Waals surface area contributed by atoms with Gasteiger partial charge in [-0.1, -0.05) is 203 Å². The molecule has 0 aromatic heterocycles. The number of hydrogen-bond acceptors (Lipinski definition) is 6. The predicted molar refractivity (Wildman–Crippen MR) is 244 cm³/mol. The van der Waals surface area contributed by atoms with Crippen molar-refractivity contribution in [1.29, 1.82) is 0 Å². The van der Waals surface area contributed by atoms with Gasteiger partial charge in [0.05, 0.1) is 26.4 Å². The minimum Gasteiger partial charge on any atom is -0.492 e. The highest BCUT2D eigenvalue weighted by Crippen LogP contribution is 2.42. The van der Waals surface area contributed by atoms with Gasteiger partial charge in [0.2, 0.25) is 0 Å². The van der Waals surface area contributed by atoms with Crippen LogP contribution in [-0.4, -0.2) is 38.4 Å². The van der Waals surface area contributed by atoms with E-state index < -0.39 is 0 Å². The summed E-state index contributed by atoms with van der Waals surface area (Å²) in [5.41, 5.74) is 0. The van der Waals surface area contributed by atoms with Gasteiger partial charge in [0, 0.05) is 34.4 Å². The molecule has 3 rings (SSSR count). The summed E-state index contributed by atoms with van der Waals surface area (Å²) < 4.78 is 23.2. The Kier molecular flexibility index (Phi) is 28.4. The highest BCUT2D eigenvalue weighted by atomic mass is 16.5. The van der Waals surface area contributed by atoms with E-state index >= 15 is 0 Å². The molecule has 326 valence electrons.